The van der Waals surface area contributed by atoms with Gasteiger partial charge in [-0.1, -0.05) is 19.9 Å². The zero-order valence-electron chi connectivity index (χ0n) is 18.3. The summed E-state index contributed by atoms with van der Waals surface area (Å²) in [7, 11) is 1.43. The summed E-state index contributed by atoms with van der Waals surface area (Å²) in [5, 5.41) is 4.38. The lowest BCUT2D eigenvalue weighted by molar-refractivity contribution is -0.141. The van der Waals surface area contributed by atoms with Gasteiger partial charge in [0, 0.05) is 35.5 Å². The highest BCUT2D eigenvalue weighted by Crippen LogP contribution is 2.27. The maximum Gasteiger partial charge on any atom is 0.328 e. The third-order valence-corrected chi connectivity index (χ3v) is 6.02. The van der Waals surface area contributed by atoms with E-state index in [9.17, 15) is 9.59 Å². The number of benzene rings is 2. The molecule has 1 aromatic heterocycles. The Morgan fingerprint density at radius 3 is 2.68 bits per heavy atom. The van der Waals surface area contributed by atoms with Gasteiger partial charge in [-0.15, -0.1) is 0 Å². The minimum absolute atomic E-state index is 0.0769. The first-order valence-corrected chi connectivity index (χ1v) is 10.8. The van der Waals surface area contributed by atoms with Gasteiger partial charge in [-0.2, -0.15) is 0 Å². The van der Waals surface area contributed by atoms with Gasteiger partial charge in [0.2, 0.25) is 0 Å². The van der Waals surface area contributed by atoms with Crippen molar-refractivity contribution < 1.29 is 9.53 Å². The smallest absolute Gasteiger partial charge is 0.328 e. The number of carbonyl (C=O) groups is 1. The Labute approximate surface area is 182 Å². The second kappa shape index (κ2) is 8.84. The molecule has 6 nitrogen and oxygen atoms in total. The second-order valence-corrected chi connectivity index (χ2v) is 8.40. The highest BCUT2D eigenvalue weighted by Gasteiger charge is 2.31. The molecule has 0 spiro atoms. The van der Waals surface area contributed by atoms with Crippen LogP contribution in [0.2, 0.25) is 0 Å². The Morgan fingerprint density at radius 1 is 1.19 bits per heavy atom. The molecule has 4 rings (SSSR count). The molecule has 2 N–H and O–H groups in total. The van der Waals surface area contributed by atoms with E-state index in [1.165, 1.54) is 12.7 Å². The molecule has 1 fully saturated rings. The van der Waals surface area contributed by atoms with Gasteiger partial charge >= 0.3 is 5.97 Å². The first-order valence-electron chi connectivity index (χ1n) is 10.8. The average Bonchev–Trinajstić information content (AvgIpc) is 3.27. The molecule has 162 valence electrons. The lowest BCUT2D eigenvalue weighted by Crippen LogP contribution is -2.36. The minimum Gasteiger partial charge on any atom is -0.467 e. The van der Waals surface area contributed by atoms with Crippen molar-refractivity contribution in [1.82, 2.24) is 4.98 Å². The molecule has 1 atom stereocenters. The van der Waals surface area contributed by atoms with Gasteiger partial charge < -0.3 is 19.9 Å². The van der Waals surface area contributed by atoms with Gasteiger partial charge in [0.05, 0.1) is 7.11 Å². The normalized spacial score (nSPS) is 16.1. The standard InChI is InChI=1S/C25H29N3O3/c1-16(2)17-6-11-22-18(13-17)14-19(24(29)27-22)15-26-20-7-9-21(10-8-20)28-12-4-5-23(28)25(30)31-3/h6-11,13-14,16,23,26H,4-5,12,15H2,1-3H3,(H,27,29)/t23-/m1/s1. The monoisotopic (exact) mass is 419 g/mol. The van der Waals surface area contributed by atoms with Crippen molar-refractivity contribution in [1.29, 1.82) is 0 Å². The molecule has 0 radical (unpaired) electrons. The lowest BCUT2D eigenvalue weighted by Gasteiger charge is -2.25. The van der Waals surface area contributed by atoms with Crippen LogP contribution in [0.1, 0.15) is 43.7 Å². The first-order chi connectivity index (χ1) is 15.0. The number of aromatic amines is 1. The number of nitrogens with one attached hydrogen (secondary N) is 2. The van der Waals surface area contributed by atoms with Gasteiger partial charge in [-0.25, -0.2) is 4.79 Å². The van der Waals surface area contributed by atoms with E-state index in [4.69, 9.17) is 4.74 Å². The number of fused-ring (bicyclic) bond motifs is 1. The number of hydrogen-bond acceptors (Lipinski definition) is 5. The molecule has 0 unspecified atom stereocenters. The Balaban J connectivity index is 1.48. The average molecular weight is 420 g/mol. The number of methoxy groups -OCH3 is 1. The zero-order valence-corrected chi connectivity index (χ0v) is 18.3. The minimum atomic E-state index is -0.212. The van der Waals surface area contributed by atoms with E-state index >= 15 is 0 Å². The summed E-state index contributed by atoms with van der Waals surface area (Å²) >= 11 is 0. The molecule has 2 aromatic carbocycles. The predicted molar refractivity (Wildman–Crippen MR) is 125 cm³/mol. The third kappa shape index (κ3) is 4.43. The Hall–Kier alpha value is -3.28. The molecule has 1 aliphatic rings. The lowest BCUT2D eigenvalue weighted by atomic mass is 10.0. The Morgan fingerprint density at radius 2 is 1.97 bits per heavy atom. The van der Waals surface area contributed by atoms with E-state index in [1.807, 2.05) is 36.4 Å². The number of rotatable bonds is 6. The molecule has 0 saturated carbocycles. The second-order valence-electron chi connectivity index (χ2n) is 8.40. The van der Waals surface area contributed by atoms with Crippen molar-refractivity contribution in [3.8, 4) is 0 Å². The SMILES string of the molecule is COC(=O)[C@H]1CCCN1c1ccc(NCc2cc3cc(C(C)C)ccc3[nH]c2=O)cc1. The number of hydrogen-bond donors (Lipinski definition) is 2. The number of esters is 1. The molecule has 0 amide bonds. The van der Waals surface area contributed by atoms with Gasteiger partial charge in [0.15, 0.2) is 0 Å². The third-order valence-electron chi connectivity index (χ3n) is 6.02. The number of H-pyrrole nitrogens is 1. The van der Waals surface area contributed by atoms with E-state index in [-0.39, 0.29) is 17.6 Å². The Bertz CT molecular complexity index is 1130. The molecular formula is C25H29N3O3. The van der Waals surface area contributed by atoms with Crippen molar-refractivity contribution in [2.75, 3.05) is 23.9 Å². The summed E-state index contributed by atoms with van der Waals surface area (Å²) in [6, 6.07) is 15.9. The summed E-state index contributed by atoms with van der Waals surface area (Å²) in [5.41, 5.74) is 4.65. The van der Waals surface area contributed by atoms with Crippen LogP contribution in [0.25, 0.3) is 10.9 Å². The number of anilines is 2. The largest absolute Gasteiger partial charge is 0.467 e. The number of ether oxygens (including phenoxy) is 1. The van der Waals surface area contributed by atoms with Crippen molar-refractivity contribution in [2.45, 2.75) is 45.2 Å². The van der Waals surface area contributed by atoms with E-state index in [2.05, 4.69) is 41.2 Å². The van der Waals surface area contributed by atoms with Crippen molar-refractivity contribution in [3.05, 3.63) is 70.0 Å². The van der Waals surface area contributed by atoms with Crippen LogP contribution in [-0.4, -0.2) is 30.6 Å². The molecule has 31 heavy (non-hydrogen) atoms. The molecule has 0 bridgehead atoms. The van der Waals surface area contributed by atoms with Crippen molar-refractivity contribution >= 4 is 28.2 Å². The van der Waals surface area contributed by atoms with Gasteiger partial charge in [0.25, 0.3) is 5.56 Å². The topological polar surface area (TPSA) is 74.4 Å². The Kier molecular flexibility index (Phi) is 5.98. The zero-order chi connectivity index (χ0) is 22.0. The van der Waals surface area contributed by atoms with E-state index in [0.717, 1.165) is 41.7 Å². The van der Waals surface area contributed by atoms with Gasteiger partial charge in [0.1, 0.15) is 6.04 Å². The highest BCUT2D eigenvalue weighted by atomic mass is 16.5. The van der Waals surface area contributed by atoms with Crippen LogP contribution in [0.4, 0.5) is 11.4 Å². The van der Waals surface area contributed by atoms with E-state index in [1.54, 1.807) is 0 Å². The van der Waals surface area contributed by atoms with Crippen LogP contribution in [0, 0.1) is 0 Å². The molecule has 6 heteroatoms. The van der Waals surface area contributed by atoms with Gasteiger partial charge in [-0.05, 0) is 72.2 Å². The maximum atomic E-state index is 12.5. The summed E-state index contributed by atoms with van der Waals surface area (Å²) in [6.07, 6.45) is 1.79. The number of aromatic nitrogens is 1. The number of pyridine rings is 1. The van der Waals surface area contributed by atoms with Crippen LogP contribution in [0.15, 0.2) is 53.3 Å². The molecular weight excluding hydrogens is 390 g/mol. The molecule has 0 aliphatic carbocycles. The van der Waals surface area contributed by atoms with Crippen LogP contribution < -0.4 is 15.8 Å². The fraction of sp³-hybridized carbons (Fsp3) is 0.360. The first kappa shape index (κ1) is 21.0. The fourth-order valence-corrected chi connectivity index (χ4v) is 4.19. The van der Waals surface area contributed by atoms with Crippen molar-refractivity contribution in [2.24, 2.45) is 0 Å². The molecule has 3 aromatic rings. The predicted octanol–water partition coefficient (Wildman–Crippen LogP) is 4.41. The summed E-state index contributed by atoms with van der Waals surface area (Å²) in [4.78, 5) is 29.6. The number of nitrogens with zero attached hydrogens (tertiary/aromatic N) is 1. The highest BCUT2D eigenvalue weighted by molar-refractivity contribution is 5.81. The van der Waals surface area contributed by atoms with E-state index < -0.39 is 0 Å². The quantitative estimate of drug-likeness (QED) is 0.579. The molecule has 1 saturated heterocycles. The molecule has 1 aliphatic heterocycles. The van der Waals surface area contributed by atoms with Crippen molar-refractivity contribution in [3.63, 3.8) is 0 Å². The van der Waals surface area contributed by atoms with Crippen LogP contribution in [-0.2, 0) is 16.1 Å². The number of carbonyl (C=O) groups excluding carboxylic acids is 1. The molecule has 2 heterocycles. The van der Waals surface area contributed by atoms with Crippen LogP contribution in [0.3, 0.4) is 0 Å². The summed E-state index contributed by atoms with van der Waals surface area (Å²) < 4.78 is 4.93. The summed E-state index contributed by atoms with van der Waals surface area (Å²) in [6.45, 7) is 5.60. The maximum absolute atomic E-state index is 12.5. The van der Waals surface area contributed by atoms with Gasteiger partial charge in [-0.3, -0.25) is 4.79 Å². The summed E-state index contributed by atoms with van der Waals surface area (Å²) in [5.74, 6) is 0.252. The van der Waals surface area contributed by atoms with E-state index in [0.29, 0.717) is 18.0 Å². The fourth-order valence-electron chi connectivity index (χ4n) is 4.19. The van der Waals surface area contributed by atoms with Crippen LogP contribution in [0.5, 0.6) is 0 Å². The van der Waals surface area contributed by atoms with Crippen LogP contribution >= 0.6 is 0 Å².